The Labute approximate surface area is 230 Å². The highest BCUT2D eigenvalue weighted by atomic mass is 19.4. The highest BCUT2D eigenvalue weighted by Gasteiger charge is 2.41. The molecule has 0 atom stereocenters. The molecule has 0 aromatic heterocycles. The van der Waals surface area contributed by atoms with E-state index in [9.17, 15) is 35.1 Å². The minimum atomic E-state index is -5.36. The Hall–Kier alpha value is -2.32. The molecule has 2 fully saturated rings. The summed E-state index contributed by atoms with van der Waals surface area (Å²) in [5.41, 5.74) is -2.79. The van der Waals surface area contributed by atoms with Crippen LogP contribution in [0, 0.1) is 35.2 Å². The van der Waals surface area contributed by atoms with Crippen LogP contribution in [0.25, 0.3) is 0 Å². The molecule has 0 N–H and O–H groups in total. The Morgan fingerprint density at radius 1 is 0.725 bits per heavy atom. The van der Waals surface area contributed by atoms with Crippen LogP contribution in [0.4, 0.5) is 35.1 Å². The van der Waals surface area contributed by atoms with Gasteiger partial charge in [0.1, 0.15) is 28.8 Å². The molecule has 0 spiro atoms. The summed E-state index contributed by atoms with van der Waals surface area (Å²) in [6, 6.07) is 3.31. The number of hydrogen-bond donors (Lipinski definition) is 0. The predicted octanol–water partition coefficient (Wildman–Crippen LogP) is 10.9. The Morgan fingerprint density at radius 3 is 1.82 bits per heavy atom. The molecule has 2 saturated carbocycles. The summed E-state index contributed by atoms with van der Waals surface area (Å²) in [5.74, 6) is -4.41. The summed E-state index contributed by atoms with van der Waals surface area (Å²) in [5, 5.41) is 0. The van der Waals surface area contributed by atoms with Gasteiger partial charge in [-0.25, -0.2) is 13.2 Å². The van der Waals surface area contributed by atoms with Gasteiger partial charge in [-0.15, -0.1) is 0 Å². The summed E-state index contributed by atoms with van der Waals surface area (Å²) in [6.07, 6.45) is 4.30. The second kappa shape index (κ2) is 12.7. The fraction of sp³-hybridized carbons (Fsp3) is 0.613. The van der Waals surface area contributed by atoms with Gasteiger partial charge in [-0.1, -0.05) is 51.5 Å². The highest BCUT2D eigenvalue weighted by Crippen LogP contribution is 2.45. The van der Waals surface area contributed by atoms with Crippen molar-refractivity contribution in [3.8, 4) is 5.75 Å². The topological polar surface area (TPSA) is 9.23 Å². The molecule has 0 unspecified atom stereocenters. The van der Waals surface area contributed by atoms with E-state index in [4.69, 9.17) is 0 Å². The first-order chi connectivity index (χ1) is 18.9. The van der Waals surface area contributed by atoms with Crippen LogP contribution in [-0.2, 0) is 12.3 Å². The Bertz CT molecular complexity index is 1110. The van der Waals surface area contributed by atoms with E-state index in [-0.39, 0.29) is 18.1 Å². The second-order valence-corrected chi connectivity index (χ2v) is 11.5. The quantitative estimate of drug-likeness (QED) is 0.213. The third-order valence-electron chi connectivity index (χ3n) is 8.87. The number of rotatable bonds is 9. The largest absolute Gasteiger partial charge is 0.429 e. The lowest BCUT2D eigenvalue weighted by molar-refractivity contribution is -0.187. The minimum absolute atomic E-state index is 0.00343. The molecule has 2 aromatic rings. The maximum absolute atomic E-state index is 14.8. The average Bonchev–Trinajstić information content (AvgIpc) is 2.87. The van der Waals surface area contributed by atoms with Crippen molar-refractivity contribution in [2.24, 2.45) is 17.8 Å². The summed E-state index contributed by atoms with van der Waals surface area (Å²) in [4.78, 5) is 0. The molecule has 2 aliphatic carbocycles. The molecule has 0 heterocycles. The number of unbranched alkanes of at least 4 members (excludes halogenated alkanes) is 2. The average molecular weight is 577 g/mol. The second-order valence-electron chi connectivity index (χ2n) is 11.5. The molecule has 0 bridgehead atoms. The Morgan fingerprint density at radius 2 is 1.30 bits per heavy atom. The Kier molecular flexibility index (Phi) is 9.71. The monoisotopic (exact) mass is 576 g/mol. The van der Waals surface area contributed by atoms with Crippen LogP contribution in [0.15, 0.2) is 30.3 Å². The van der Waals surface area contributed by atoms with Crippen LogP contribution >= 0.6 is 0 Å². The van der Waals surface area contributed by atoms with Crippen LogP contribution in [0.3, 0.4) is 0 Å². The van der Waals surface area contributed by atoms with Gasteiger partial charge in [-0.05, 0) is 79.9 Å². The number of benzene rings is 2. The first kappa shape index (κ1) is 30.6. The molecule has 0 radical (unpaired) electrons. The first-order valence-electron chi connectivity index (χ1n) is 14.3. The van der Waals surface area contributed by atoms with Gasteiger partial charge in [0.15, 0.2) is 0 Å². The fourth-order valence-corrected chi connectivity index (χ4v) is 6.66. The van der Waals surface area contributed by atoms with Gasteiger partial charge in [-0.2, -0.15) is 22.0 Å². The Balaban J connectivity index is 1.34. The van der Waals surface area contributed by atoms with Crippen LogP contribution in [0.1, 0.15) is 107 Å². The summed E-state index contributed by atoms with van der Waals surface area (Å²) < 4.78 is 114. The molecule has 40 heavy (non-hydrogen) atoms. The zero-order valence-corrected chi connectivity index (χ0v) is 22.6. The number of ether oxygens (including phenoxy) is 1. The van der Waals surface area contributed by atoms with Crippen molar-refractivity contribution in [3.63, 3.8) is 0 Å². The number of hydrogen-bond acceptors (Lipinski definition) is 1. The summed E-state index contributed by atoms with van der Waals surface area (Å²) in [6.45, 7) is 2.22. The van der Waals surface area contributed by atoms with E-state index in [0.29, 0.717) is 11.5 Å². The molecule has 2 aliphatic rings. The lowest BCUT2D eigenvalue weighted by atomic mass is 9.68. The maximum atomic E-state index is 14.8. The van der Waals surface area contributed by atoms with Gasteiger partial charge in [0.2, 0.25) is 0 Å². The van der Waals surface area contributed by atoms with Crippen LogP contribution in [0.2, 0.25) is 0 Å². The van der Waals surface area contributed by atoms with Gasteiger partial charge in [-0.3, -0.25) is 0 Å². The molecule has 0 aliphatic heterocycles. The van der Waals surface area contributed by atoms with E-state index in [1.165, 1.54) is 57.4 Å². The van der Waals surface area contributed by atoms with Crippen molar-refractivity contribution in [3.05, 3.63) is 64.5 Å². The molecular weight excluding hydrogens is 540 g/mol. The smallest absolute Gasteiger partial charge is 0.429 e. The van der Waals surface area contributed by atoms with Gasteiger partial charge in [0.25, 0.3) is 0 Å². The lowest BCUT2D eigenvalue weighted by Crippen LogP contribution is -2.26. The standard InChI is InChI=1S/C31H36F8O/c1-2-3-4-5-19-6-8-20(9-7-19)21-10-12-22(13-11-21)23-14-15-25(26(32)16-23)31(38,39)40-24-17-27(33)29(28(34)18-24)30(35,36)37/h14-22H,2-13H2,1H3. The maximum Gasteiger partial charge on any atom is 0.429 e. The molecule has 2 aromatic carbocycles. The van der Waals surface area contributed by atoms with Crippen LogP contribution in [0.5, 0.6) is 5.75 Å². The van der Waals surface area contributed by atoms with Crippen molar-refractivity contribution < 1.29 is 39.9 Å². The fourth-order valence-electron chi connectivity index (χ4n) is 6.66. The number of alkyl halides is 5. The van der Waals surface area contributed by atoms with E-state index >= 15 is 0 Å². The molecule has 4 rings (SSSR count). The van der Waals surface area contributed by atoms with Crippen molar-refractivity contribution in [2.75, 3.05) is 0 Å². The third kappa shape index (κ3) is 7.30. The first-order valence-corrected chi connectivity index (χ1v) is 14.3. The molecule has 1 nitrogen and oxygen atoms in total. The third-order valence-corrected chi connectivity index (χ3v) is 8.87. The van der Waals surface area contributed by atoms with Gasteiger partial charge >= 0.3 is 12.3 Å². The SMILES string of the molecule is CCCCCC1CCC(C2CCC(c3ccc(C(F)(F)Oc4cc(F)c(C(F)(F)F)c(F)c4)c(F)c3)CC2)CC1. The summed E-state index contributed by atoms with van der Waals surface area (Å²) >= 11 is 0. The lowest BCUT2D eigenvalue weighted by Gasteiger charge is -2.38. The van der Waals surface area contributed by atoms with Crippen LogP contribution < -0.4 is 4.74 Å². The number of halogens is 8. The van der Waals surface area contributed by atoms with Gasteiger partial charge in [0.05, 0.1) is 5.56 Å². The zero-order valence-electron chi connectivity index (χ0n) is 22.6. The predicted molar refractivity (Wildman–Crippen MR) is 137 cm³/mol. The summed E-state index contributed by atoms with van der Waals surface area (Å²) in [7, 11) is 0. The van der Waals surface area contributed by atoms with Gasteiger partial charge in [0, 0.05) is 12.1 Å². The van der Waals surface area contributed by atoms with Crippen LogP contribution in [-0.4, -0.2) is 0 Å². The van der Waals surface area contributed by atoms with E-state index in [0.717, 1.165) is 49.7 Å². The molecular formula is C31H36F8O. The van der Waals surface area contributed by atoms with Crippen molar-refractivity contribution >= 4 is 0 Å². The van der Waals surface area contributed by atoms with Crippen molar-refractivity contribution in [1.29, 1.82) is 0 Å². The highest BCUT2D eigenvalue weighted by molar-refractivity contribution is 5.34. The minimum Gasteiger partial charge on any atom is -0.429 e. The zero-order chi connectivity index (χ0) is 29.1. The molecule has 9 heteroatoms. The molecule has 222 valence electrons. The van der Waals surface area contributed by atoms with Crippen molar-refractivity contribution in [1.82, 2.24) is 0 Å². The van der Waals surface area contributed by atoms with E-state index in [2.05, 4.69) is 11.7 Å². The van der Waals surface area contributed by atoms with E-state index in [1.54, 1.807) is 0 Å². The van der Waals surface area contributed by atoms with E-state index < -0.39 is 46.6 Å². The normalized spacial score (nSPS) is 24.2. The van der Waals surface area contributed by atoms with Gasteiger partial charge < -0.3 is 4.74 Å². The van der Waals surface area contributed by atoms with E-state index in [1.807, 2.05) is 0 Å². The molecule has 0 saturated heterocycles. The van der Waals surface area contributed by atoms with Crippen molar-refractivity contribution in [2.45, 2.75) is 102 Å². The molecule has 0 amide bonds.